The average Bonchev–Trinajstić information content (AvgIpc) is 2.85. The van der Waals surface area contributed by atoms with Crippen LogP contribution in [0.1, 0.15) is 37.1 Å². The topological polar surface area (TPSA) is 64.7 Å². The summed E-state index contributed by atoms with van der Waals surface area (Å²) in [4.78, 5) is 0. The van der Waals surface area contributed by atoms with E-state index in [4.69, 9.17) is 19.1 Å². The Morgan fingerprint density at radius 3 is 2.78 bits per heavy atom. The van der Waals surface area contributed by atoms with Gasteiger partial charge in [-0.1, -0.05) is 5.16 Å². The van der Waals surface area contributed by atoms with E-state index in [1.165, 1.54) is 0 Å². The van der Waals surface area contributed by atoms with E-state index >= 15 is 0 Å². The van der Waals surface area contributed by atoms with Gasteiger partial charge in [-0.15, -0.1) is 0 Å². The van der Waals surface area contributed by atoms with Gasteiger partial charge >= 0.3 is 0 Å². The van der Waals surface area contributed by atoms with Crippen molar-refractivity contribution in [3.63, 3.8) is 0 Å². The molecule has 1 N–H and O–H groups in total. The van der Waals surface area contributed by atoms with E-state index in [-0.39, 0.29) is 6.10 Å². The van der Waals surface area contributed by atoms with Crippen molar-refractivity contribution in [2.75, 3.05) is 13.7 Å². The van der Waals surface area contributed by atoms with Crippen molar-refractivity contribution < 1.29 is 19.1 Å². The van der Waals surface area contributed by atoms with Crippen LogP contribution in [0.5, 0.6) is 0 Å². The van der Waals surface area contributed by atoms with Crippen LogP contribution in [0.3, 0.4) is 0 Å². The molecule has 0 bridgehead atoms. The fourth-order valence-electron chi connectivity index (χ4n) is 2.32. The molecule has 1 aromatic rings. The lowest BCUT2D eigenvalue weighted by molar-refractivity contribution is -0.00105. The highest BCUT2D eigenvalue weighted by atomic mass is 16.5. The summed E-state index contributed by atoms with van der Waals surface area (Å²) in [6.07, 6.45) is 4.43. The number of aliphatic hydroxyl groups excluding tert-OH is 1. The Labute approximate surface area is 107 Å². The van der Waals surface area contributed by atoms with Crippen LogP contribution >= 0.6 is 0 Å². The average molecular weight is 255 g/mol. The maximum Gasteiger partial charge on any atom is 0.162 e. The lowest BCUT2D eigenvalue weighted by Gasteiger charge is -2.26. The Balaban J connectivity index is 1.71. The monoisotopic (exact) mass is 255 g/mol. The maximum atomic E-state index is 9.06. The number of aromatic nitrogens is 1. The predicted molar refractivity (Wildman–Crippen MR) is 64.8 cm³/mol. The molecule has 5 nitrogen and oxygen atoms in total. The van der Waals surface area contributed by atoms with E-state index in [1.54, 1.807) is 7.11 Å². The van der Waals surface area contributed by atoms with E-state index in [1.807, 2.05) is 6.07 Å². The molecule has 102 valence electrons. The molecule has 18 heavy (non-hydrogen) atoms. The van der Waals surface area contributed by atoms with Crippen LogP contribution in [-0.4, -0.2) is 30.1 Å². The highest BCUT2D eigenvalue weighted by molar-refractivity contribution is 5.03. The Bertz CT molecular complexity index is 345. The van der Waals surface area contributed by atoms with Crippen molar-refractivity contribution in [3.05, 3.63) is 17.5 Å². The summed E-state index contributed by atoms with van der Waals surface area (Å²) in [5.41, 5.74) is 0.811. The first-order valence-corrected chi connectivity index (χ1v) is 6.47. The molecule has 0 saturated heterocycles. The van der Waals surface area contributed by atoms with Gasteiger partial charge in [0.25, 0.3) is 0 Å². The number of hydrogen-bond acceptors (Lipinski definition) is 5. The van der Waals surface area contributed by atoms with Gasteiger partial charge in [-0.25, -0.2) is 0 Å². The van der Waals surface area contributed by atoms with Crippen LogP contribution in [-0.2, 0) is 22.7 Å². The zero-order chi connectivity index (χ0) is 12.8. The van der Waals surface area contributed by atoms with E-state index in [2.05, 4.69) is 5.16 Å². The predicted octanol–water partition coefficient (Wildman–Crippen LogP) is 1.89. The van der Waals surface area contributed by atoms with Crippen molar-refractivity contribution in [1.82, 2.24) is 5.16 Å². The first-order chi connectivity index (χ1) is 8.81. The molecule has 1 aliphatic rings. The van der Waals surface area contributed by atoms with Gasteiger partial charge in [-0.2, -0.15) is 0 Å². The summed E-state index contributed by atoms with van der Waals surface area (Å²) >= 11 is 0. The highest BCUT2D eigenvalue weighted by Gasteiger charge is 2.21. The molecular weight excluding hydrogens is 234 g/mol. The Kier molecular flexibility index (Phi) is 5.16. The fourth-order valence-corrected chi connectivity index (χ4v) is 2.32. The van der Waals surface area contributed by atoms with Crippen LogP contribution in [0.25, 0.3) is 0 Å². The molecule has 2 rings (SSSR count). The SMILES string of the molecule is COCc1cc(COC2CCC(CO)CC2)no1. The number of rotatable bonds is 6. The minimum absolute atomic E-state index is 0.287. The van der Waals surface area contributed by atoms with Crippen LogP contribution < -0.4 is 0 Å². The Hall–Kier alpha value is -0.910. The minimum atomic E-state index is 0.287. The molecule has 1 fully saturated rings. The van der Waals surface area contributed by atoms with E-state index in [0.717, 1.165) is 37.1 Å². The zero-order valence-corrected chi connectivity index (χ0v) is 10.8. The largest absolute Gasteiger partial charge is 0.396 e. The first kappa shape index (κ1) is 13.5. The smallest absolute Gasteiger partial charge is 0.162 e. The number of nitrogens with zero attached hydrogens (tertiary/aromatic N) is 1. The standard InChI is InChI=1S/C13H21NO4/c1-16-9-13-6-11(14-18-13)8-17-12-4-2-10(7-15)3-5-12/h6,10,12,15H,2-5,7-9H2,1H3. The maximum absolute atomic E-state index is 9.06. The summed E-state index contributed by atoms with van der Waals surface area (Å²) in [7, 11) is 1.62. The Morgan fingerprint density at radius 2 is 2.11 bits per heavy atom. The molecule has 0 atom stereocenters. The molecule has 0 radical (unpaired) electrons. The summed E-state index contributed by atoms with van der Waals surface area (Å²) < 4.78 is 15.9. The summed E-state index contributed by atoms with van der Waals surface area (Å²) in [5.74, 6) is 1.19. The second-order valence-corrected chi connectivity index (χ2v) is 4.85. The van der Waals surface area contributed by atoms with Gasteiger partial charge in [-0.3, -0.25) is 0 Å². The number of ether oxygens (including phenoxy) is 2. The molecule has 0 amide bonds. The van der Waals surface area contributed by atoms with Crippen LogP contribution in [0.4, 0.5) is 0 Å². The van der Waals surface area contributed by atoms with E-state index in [0.29, 0.717) is 25.7 Å². The lowest BCUT2D eigenvalue weighted by Crippen LogP contribution is -2.23. The molecule has 1 saturated carbocycles. The Morgan fingerprint density at radius 1 is 1.33 bits per heavy atom. The molecule has 0 unspecified atom stereocenters. The minimum Gasteiger partial charge on any atom is -0.396 e. The molecule has 0 aliphatic heterocycles. The van der Waals surface area contributed by atoms with Gasteiger partial charge in [0.1, 0.15) is 12.3 Å². The third-order valence-corrected chi connectivity index (χ3v) is 3.41. The van der Waals surface area contributed by atoms with Crippen molar-refractivity contribution >= 4 is 0 Å². The normalized spacial score (nSPS) is 24.3. The number of aliphatic hydroxyl groups is 1. The van der Waals surface area contributed by atoms with Gasteiger partial charge < -0.3 is 19.1 Å². The van der Waals surface area contributed by atoms with E-state index in [9.17, 15) is 0 Å². The third-order valence-electron chi connectivity index (χ3n) is 3.41. The first-order valence-electron chi connectivity index (χ1n) is 6.47. The van der Waals surface area contributed by atoms with Gasteiger partial charge in [0.2, 0.25) is 0 Å². The molecule has 1 aliphatic carbocycles. The molecule has 1 heterocycles. The second kappa shape index (κ2) is 6.87. The molecule has 1 aromatic heterocycles. The molecule has 0 spiro atoms. The summed E-state index contributed by atoms with van der Waals surface area (Å²) in [6, 6.07) is 1.86. The van der Waals surface area contributed by atoms with E-state index < -0.39 is 0 Å². The number of methoxy groups -OCH3 is 1. The molecule has 5 heteroatoms. The quantitative estimate of drug-likeness (QED) is 0.841. The van der Waals surface area contributed by atoms with Crippen molar-refractivity contribution in [1.29, 1.82) is 0 Å². The third kappa shape index (κ3) is 3.80. The van der Waals surface area contributed by atoms with Crippen LogP contribution in [0, 0.1) is 5.92 Å². The second-order valence-electron chi connectivity index (χ2n) is 4.85. The van der Waals surface area contributed by atoms with Gasteiger partial charge in [-0.05, 0) is 31.6 Å². The molecule has 0 aromatic carbocycles. The van der Waals surface area contributed by atoms with Crippen molar-refractivity contribution in [3.8, 4) is 0 Å². The lowest BCUT2D eigenvalue weighted by atomic mass is 9.88. The summed E-state index contributed by atoms with van der Waals surface area (Å²) in [6.45, 7) is 1.23. The fraction of sp³-hybridized carbons (Fsp3) is 0.769. The van der Waals surface area contributed by atoms with Gasteiger partial charge in [0.15, 0.2) is 5.76 Å². The van der Waals surface area contributed by atoms with Gasteiger partial charge in [0, 0.05) is 19.8 Å². The summed E-state index contributed by atoms with van der Waals surface area (Å²) in [5, 5.41) is 13.0. The van der Waals surface area contributed by atoms with Crippen molar-refractivity contribution in [2.45, 2.75) is 45.0 Å². The zero-order valence-electron chi connectivity index (χ0n) is 10.8. The molecular formula is C13H21NO4. The number of hydrogen-bond donors (Lipinski definition) is 1. The van der Waals surface area contributed by atoms with Crippen LogP contribution in [0.15, 0.2) is 10.6 Å². The van der Waals surface area contributed by atoms with Crippen LogP contribution in [0.2, 0.25) is 0 Å². The van der Waals surface area contributed by atoms with Crippen molar-refractivity contribution in [2.24, 2.45) is 5.92 Å². The van der Waals surface area contributed by atoms with Gasteiger partial charge in [0.05, 0.1) is 12.7 Å². The highest BCUT2D eigenvalue weighted by Crippen LogP contribution is 2.26.